The molecule has 1 amide bonds. The lowest BCUT2D eigenvalue weighted by molar-refractivity contribution is -0.148. The van der Waals surface area contributed by atoms with Crippen LogP contribution >= 0.6 is 0 Å². The molecule has 2 heterocycles. The number of fused-ring (bicyclic) bond motifs is 2. The lowest BCUT2D eigenvalue weighted by atomic mass is 9.53. The molecule has 124 valence electrons. The zero-order chi connectivity index (χ0) is 15.8. The molecule has 0 aromatic rings. The van der Waals surface area contributed by atoms with Gasteiger partial charge in [-0.3, -0.25) is 9.59 Å². The van der Waals surface area contributed by atoms with Crippen LogP contribution in [-0.2, 0) is 14.3 Å². The van der Waals surface area contributed by atoms with Crippen LogP contribution in [0.3, 0.4) is 0 Å². The van der Waals surface area contributed by atoms with Gasteiger partial charge in [0, 0.05) is 5.54 Å². The van der Waals surface area contributed by atoms with Gasteiger partial charge in [-0.05, 0) is 56.3 Å². The highest BCUT2D eigenvalue weighted by atomic mass is 16.5. The minimum atomic E-state index is -0.924. The summed E-state index contributed by atoms with van der Waals surface area (Å²) < 4.78 is 5.65. The van der Waals surface area contributed by atoms with E-state index in [0.29, 0.717) is 0 Å². The van der Waals surface area contributed by atoms with Crippen molar-refractivity contribution >= 4 is 11.9 Å². The number of carboxylic acid groups (broad SMARTS) is 1. The molecular formula is C18H23NO4. The van der Waals surface area contributed by atoms with E-state index in [1.165, 1.54) is 19.3 Å². The number of nitrogens with one attached hydrogen (secondary N) is 1. The lowest BCUT2D eigenvalue weighted by Crippen LogP contribution is -2.61. The van der Waals surface area contributed by atoms with Gasteiger partial charge in [-0.25, -0.2) is 0 Å². The third kappa shape index (κ3) is 2.02. The fraction of sp³-hybridized carbons (Fsp3) is 0.778. The van der Waals surface area contributed by atoms with Crippen molar-refractivity contribution in [3.8, 4) is 0 Å². The SMILES string of the molecule is O=C(NC12CC3CC(CC(C3)C1)C2)[C@@H]1[C@H](C(=O)O)[C@H]2C=C[C@@H]1O2. The normalized spacial score (nSPS) is 52.1. The molecule has 23 heavy (non-hydrogen) atoms. The zero-order valence-corrected chi connectivity index (χ0v) is 13.1. The number of hydrogen-bond donors (Lipinski definition) is 2. The number of hydrogen-bond acceptors (Lipinski definition) is 3. The molecule has 4 atom stereocenters. The summed E-state index contributed by atoms with van der Waals surface area (Å²) in [4.78, 5) is 24.5. The van der Waals surface area contributed by atoms with Gasteiger partial charge < -0.3 is 15.2 Å². The predicted octanol–water partition coefficient (Wildman–Crippen LogP) is 1.73. The Morgan fingerprint density at radius 1 is 0.957 bits per heavy atom. The second kappa shape index (κ2) is 4.59. The summed E-state index contributed by atoms with van der Waals surface area (Å²) in [5.74, 6) is -0.0629. The number of carboxylic acids is 1. The topological polar surface area (TPSA) is 75.6 Å². The number of carbonyl (C=O) groups excluding carboxylic acids is 1. The smallest absolute Gasteiger partial charge is 0.310 e. The summed E-state index contributed by atoms with van der Waals surface area (Å²) >= 11 is 0. The van der Waals surface area contributed by atoms with E-state index in [2.05, 4.69) is 5.32 Å². The van der Waals surface area contributed by atoms with Crippen LogP contribution in [0.4, 0.5) is 0 Å². The van der Waals surface area contributed by atoms with Crippen molar-refractivity contribution in [1.29, 1.82) is 0 Å². The van der Waals surface area contributed by atoms with Crippen LogP contribution < -0.4 is 5.32 Å². The van der Waals surface area contributed by atoms with Crippen LogP contribution in [0.15, 0.2) is 12.2 Å². The van der Waals surface area contributed by atoms with Crippen LogP contribution in [-0.4, -0.2) is 34.7 Å². The van der Waals surface area contributed by atoms with Crippen molar-refractivity contribution in [1.82, 2.24) is 5.32 Å². The molecule has 0 radical (unpaired) electrons. The van der Waals surface area contributed by atoms with Gasteiger partial charge in [-0.15, -0.1) is 0 Å². The molecule has 4 aliphatic carbocycles. The third-order valence-electron chi connectivity index (χ3n) is 6.91. The van der Waals surface area contributed by atoms with Crippen molar-refractivity contribution in [2.45, 2.75) is 56.3 Å². The molecule has 5 heteroatoms. The van der Waals surface area contributed by atoms with Crippen molar-refractivity contribution in [3.63, 3.8) is 0 Å². The van der Waals surface area contributed by atoms with E-state index in [1.54, 1.807) is 6.08 Å². The standard InChI is InChI=1S/C18H23NO4/c20-16(14-12-1-2-13(23-12)15(14)17(21)22)19-18-6-9-3-10(7-18)5-11(4-9)8-18/h1-2,9-15H,3-8H2,(H,19,20)(H,21,22)/t9?,10?,11?,12-,13+,14-,15+,18?/m0/s1. The molecule has 6 rings (SSSR count). The number of rotatable bonds is 3. The van der Waals surface area contributed by atoms with Crippen LogP contribution in [0.1, 0.15) is 38.5 Å². The Hall–Kier alpha value is -1.36. The summed E-state index contributed by atoms with van der Waals surface area (Å²) in [7, 11) is 0. The maximum absolute atomic E-state index is 12.9. The Morgan fingerprint density at radius 2 is 1.48 bits per heavy atom. The molecule has 0 aromatic heterocycles. The van der Waals surface area contributed by atoms with Gasteiger partial charge in [0.25, 0.3) is 0 Å². The second-order valence-corrected chi connectivity index (χ2v) is 8.53. The van der Waals surface area contributed by atoms with E-state index >= 15 is 0 Å². The average Bonchev–Trinajstić information content (AvgIpc) is 3.05. The quantitative estimate of drug-likeness (QED) is 0.777. The fourth-order valence-electron chi connectivity index (χ4n) is 6.52. The molecule has 0 unspecified atom stereocenters. The molecule has 6 bridgehead atoms. The molecule has 2 aliphatic heterocycles. The highest BCUT2D eigenvalue weighted by Gasteiger charge is 2.56. The zero-order valence-electron chi connectivity index (χ0n) is 13.1. The molecule has 5 fully saturated rings. The van der Waals surface area contributed by atoms with Crippen molar-refractivity contribution in [2.75, 3.05) is 0 Å². The van der Waals surface area contributed by atoms with E-state index in [1.807, 2.05) is 6.08 Å². The first-order chi connectivity index (χ1) is 11.0. The van der Waals surface area contributed by atoms with E-state index in [9.17, 15) is 14.7 Å². The van der Waals surface area contributed by atoms with E-state index in [0.717, 1.165) is 37.0 Å². The van der Waals surface area contributed by atoms with Crippen molar-refractivity contribution < 1.29 is 19.4 Å². The lowest BCUT2D eigenvalue weighted by Gasteiger charge is -2.57. The number of carbonyl (C=O) groups is 2. The van der Waals surface area contributed by atoms with Crippen LogP contribution in [0.25, 0.3) is 0 Å². The molecular weight excluding hydrogens is 294 g/mol. The van der Waals surface area contributed by atoms with Gasteiger partial charge >= 0.3 is 5.97 Å². The van der Waals surface area contributed by atoms with E-state index < -0.39 is 23.9 Å². The summed E-state index contributed by atoms with van der Waals surface area (Å²) in [6, 6.07) is 0. The van der Waals surface area contributed by atoms with Crippen LogP contribution in [0.5, 0.6) is 0 Å². The average molecular weight is 317 g/mol. The maximum atomic E-state index is 12.9. The Balaban J connectivity index is 1.37. The van der Waals surface area contributed by atoms with Gasteiger partial charge in [-0.1, -0.05) is 12.2 Å². The first kappa shape index (κ1) is 14.0. The Labute approximate surface area is 135 Å². The summed E-state index contributed by atoms with van der Waals surface area (Å²) in [5.41, 5.74) is -0.0690. The van der Waals surface area contributed by atoms with Crippen LogP contribution in [0, 0.1) is 29.6 Å². The van der Waals surface area contributed by atoms with E-state index in [-0.39, 0.29) is 17.6 Å². The maximum Gasteiger partial charge on any atom is 0.310 e. The van der Waals surface area contributed by atoms with Gasteiger partial charge in [0.2, 0.25) is 5.91 Å². The molecule has 4 saturated carbocycles. The van der Waals surface area contributed by atoms with Crippen molar-refractivity contribution in [2.24, 2.45) is 29.6 Å². The molecule has 6 aliphatic rings. The monoisotopic (exact) mass is 317 g/mol. The summed E-state index contributed by atoms with van der Waals surface area (Å²) in [6.45, 7) is 0. The number of amides is 1. The fourth-order valence-corrected chi connectivity index (χ4v) is 6.52. The third-order valence-corrected chi connectivity index (χ3v) is 6.91. The molecule has 0 spiro atoms. The highest BCUT2D eigenvalue weighted by Crippen LogP contribution is 2.56. The second-order valence-electron chi connectivity index (χ2n) is 8.53. The number of aliphatic carboxylic acids is 1. The molecule has 0 aromatic carbocycles. The van der Waals surface area contributed by atoms with Gasteiger partial charge in [-0.2, -0.15) is 0 Å². The Kier molecular flexibility index (Phi) is 2.80. The molecule has 1 saturated heterocycles. The minimum Gasteiger partial charge on any atom is -0.481 e. The minimum absolute atomic E-state index is 0.0690. The first-order valence-electron chi connectivity index (χ1n) is 8.92. The van der Waals surface area contributed by atoms with Gasteiger partial charge in [0.15, 0.2) is 0 Å². The largest absolute Gasteiger partial charge is 0.481 e. The summed E-state index contributed by atoms with van der Waals surface area (Å²) in [6.07, 6.45) is 10.1. The molecule has 2 N–H and O–H groups in total. The van der Waals surface area contributed by atoms with E-state index in [4.69, 9.17) is 4.74 Å². The van der Waals surface area contributed by atoms with Gasteiger partial charge in [0.1, 0.15) is 5.92 Å². The Bertz CT molecular complexity index is 563. The molecule has 5 nitrogen and oxygen atoms in total. The van der Waals surface area contributed by atoms with Gasteiger partial charge in [0.05, 0.1) is 18.1 Å². The van der Waals surface area contributed by atoms with Crippen LogP contribution in [0.2, 0.25) is 0 Å². The Morgan fingerprint density at radius 3 is 2.00 bits per heavy atom. The highest BCUT2D eigenvalue weighted by molar-refractivity contribution is 5.87. The number of ether oxygens (including phenoxy) is 1. The summed E-state index contributed by atoms with van der Waals surface area (Å²) in [5, 5.41) is 12.8. The van der Waals surface area contributed by atoms with Crippen molar-refractivity contribution in [3.05, 3.63) is 12.2 Å². The first-order valence-corrected chi connectivity index (χ1v) is 8.92. The predicted molar refractivity (Wildman–Crippen MR) is 81.5 cm³/mol.